The van der Waals surface area contributed by atoms with Gasteiger partial charge in [0.25, 0.3) is 5.91 Å². The molecule has 0 bridgehead atoms. The second-order valence-corrected chi connectivity index (χ2v) is 7.50. The van der Waals surface area contributed by atoms with Crippen molar-refractivity contribution in [2.24, 2.45) is 0 Å². The average Bonchev–Trinajstić information content (AvgIpc) is 3.33. The minimum absolute atomic E-state index is 0.258. The zero-order chi connectivity index (χ0) is 21.9. The van der Waals surface area contributed by atoms with Crippen LogP contribution in [0.4, 0.5) is 10.1 Å². The number of hydrogen-bond acceptors (Lipinski definition) is 3. The van der Waals surface area contributed by atoms with Crippen molar-refractivity contribution in [3.05, 3.63) is 115 Å². The summed E-state index contributed by atoms with van der Waals surface area (Å²) in [6.45, 7) is 0.759. The van der Waals surface area contributed by atoms with Crippen LogP contribution < -0.4 is 5.32 Å². The SMILES string of the molecule is O=C(Nc1ccc2cc(Cn3cccc3)cnc2c1)c1ccc(-c2ccc(F)cc2)nc1. The molecular weight excluding hydrogens is 403 g/mol. The van der Waals surface area contributed by atoms with Crippen molar-refractivity contribution in [2.75, 3.05) is 5.32 Å². The Balaban J connectivity index is 1.30. The summed E-state index contributed by atoms with van der Waals surface area (Å²) in [6.07, 6.45) is 7.40. The van der Waals surface area contributed by atoms with Gasteiger partial charge in [0.1, 0.15) is 5.82 Å². The molecule has 3 aromatic heterocycles. The van der Waals surface area contributed by atoms with E-state index in [1.807, 2.05) is 48.9 Å². The van der Waals surface area contributed by atoms with Gasteiger partial charge in [0.05, 0.1) is 16.8 Å². The summed E-state index contributed by atoms with van der Waals surface area (Å²) in [5.41, 5.74) is 4.48. The molecule has 0 spiro atoms. The van der Waals surface area contributed by atoms with Gasteiger partial charge in [-0.15, -0.1) is 0 Å². The molecule has 1 N–H and O–H groups in total. The Kier molecular flexibility index (Phi) is 5.17. The number of pyridine rings is 2. The third-order valence-corrected chi connectivity index (χ3v) is 5.20. The smallest absolute Gasteiger partial charge is 0.257 e. The zero-order valence-electron chi connectivity index (χ0n) is 17.1. The van der Waals surface area contributed by atoms with Gasteiger partial charge < -0.3 is 9.88 Å². The van der Waals surface area contributed by atoms with Gasteiger partial charge >= 0.3 is 0 Å². The number of rotatable bonds is 5. The Morgan fingerprint density at radius 1 is 0.906 bits per heavy atom. The van der Waals surface area contributed by atoms with Crippen LogP contribution in [0.15, 0.2) is 97.6 Å². The molecule has 2 aromatic carbocycles. The van der Waals surface area contributed by atoms with Crippen LogP contribution in [-0.2, 0) is 6.54 Å². The summed E-state index contributed by atoms with van der Waals surface area (Å²) in [4.78, 5) is 21.5. The van der Waals surface area contributed by atoms with Crippen molar-refractivity contribution < 1.29 is 9.18 Å². The van der Waals surface area contributed by atoms with Gasteiger partial charge in [-0.3, -0.25) is 14.8 Å². The Bertz CT molecular complexity index is 1380. The fourth-order valence-electron chi connectivity index (χ4n) is 3.54. The predicted octanol–water partition coefficient (Wildman–Crippen LogP) is 5.54. The van der Waals surface area contributed by atoms with Gasteiger partial charge in [0, 0.05) is 48.0 Å². The minimum atomic E-state index is -0.299. The number of aromatic nitrogens is 3. The number of hydrogen-bond donors (Lipinski definition) is 1. The highest BCUT2D eigenvalue weighted by Crippen LogP contribution is 2.21. The molecule has 0 aliphatic heterocycles. The minimum Gasteiger partial charge on any atom is -0.350 e. The van der Waals surface area contributed by atoms with E-state index in [4.69, 9.17) is 0 Å². The largest absolute Gasteiger partial charge is 0.350 e. The number of anilines is 1. The number of carbonyl (C=O) groups excluding carboxylic acids is 1. The van der Waals surface area contributed by atoms with Crippen LogP contribution >= 0.6 is 0 Å². The van der Waals surface area contributed by atoms with Crippen LogP contribution in [0.1, 0.15) is 15.9 Å². The summed E-state index contributed by atoms with van der Waals surface area (Å²) in [5.74, 6) is -0.557. The van der Waals surface area contributed by atoms with E-state index in [2.05, 4.69) is 25.9 Å². The molecule has 0 atom stereocenters. The Morgan fingerprint density at radius 2 is 1.72 bits per heavy atom. The molecule has 0 aliphatic rings. The van der Waals surface area contributed by atoms with Crippen molar-refractivity contribution in [1.29, 1.82) is 0 Å². The highest BCUT2D eigenvalue weighted by molar-refractivity contribution is 6.05. The monoisotopic (exact) mass is 422 g/mol. The molecular formula is C26H19FN4O. The lowest BCUT2D eigenvalue weighted by atomic mass is 10.1. The maximum absolute atomic E-state index is 13.1. The van der Waals surface area contributed by atoms with E-state index in [1.165, 1.54) is 18.3 Å². The quantitative estimate of drug-likeness (QED) is 0.405. The fraction of sp³-hybridized carbons (Fsp3) is 0.0385. The van der Waals surface area contributed by atoms with E-state index in [0.29, 0.717) is 16.9 Å². The van der Waals surface area contributed by atoms with Crippen molar-refractivity contribution in [1.82, 2.24) is 14.5 Å². The maximum atomic E-state index is 13.1. The van der Waals surface area contributed by atoms with E-state index in [-0.39, 0.29) is 11.7 Å². The van der Waals surface area contributed by atoms with Crippen LogP contribution in [-0.4, -0.2) is 20.4 Å². The highest BCUT2D eigenvalue weighted by Gasteiger charge is 2.09. The van der Waals surface area contributed by atoms with Gasteiger partial charge in [-0.2, -0.15) is 0 Å². The molecule has 5 nitrogen and oxygen atoms in total. The molecule has 0 radical (unpaired) electrons. The van der Waals surface area contributed by atoms with E-state index in [9.17, 15) is 9.18 Å². The molecule has 3 heterocycles. The summed E-state index contributed by atoms with van der Waals surface area (Å²) in [5, 5.41) is 3.91. The van der Waals surface area contributed by atoms with Gasteiger partial charge in [-0.05, 0) is 72.3 Å². The maximum Gasteiger partial charge on any atom is 0.257 e. The predicted molar refractivity (Wildman–Crippen MR) is 123 cm³/mol. The van der Waals surface area contributed by atoms with Gasteiger partial charge in [0.2, 0.25) is 0 Å². The first kappa shape index (κ1) is 19.6. The van der Waals surface area contributed by atoms with Crippen molar-refractivity contribution in [3.63, 3.8) is 0 Å². The fourth-order valence-corrected chi connectivity index (χ4v) is 3.54. The highest BCUT2D eigenvalue weighted by atomic mass is 19.1. The number of carbonyl (C=O) groups is 1. The number of nitrogens with zero attached hydrogens (tertiary/aromatic N) is 3. The Labute approximate surface area is 184 Å². The van der Waals surface area contributed by atoms with Crippen molar-refractivity contribution in [2.45, 2.75) is 6.54 Å². The van der Waals surface area contributed by atoms with Crippen molar-refractivity contribution in [3.8, 4) is 11.3 Å². The summed E-state index contributed by atoms with van der Waals surface area (Å²) in [7, 11) is 0. The molecule has 156 valence electrons. The van der Waals surface area contributed by atoms with Crippen LogP contribution in [0.25, 0.3) is 22.2 Å². The summed E-state index contributed by atoms with van der Waals surface area (Å²) >= 11 is 0. The normalized spacial score (nSPS) is 10.9. The van der Waals surface area contributed by atoms with Crippen LogP contribution in [0, 0.1) is 5.82 Å². The van der Waals surface area contributed by atoms with Gasteiger partial charge in [-0.25, -0.2) is 4.39 Å². The number of amides is 1. The van der Waals surface area contributed by atoms with E-state index >= 15 is 0 Å². The molecule has 0 aliphatic carbocycles. The third kappa shape index (κ3) is 4.25. The lowest BCUT2D eigenvalue weighted by Gasteiger charge is -2.08. The van der Waals surface area contributed by atoms with E-state index in [1.54, 1.807) is 24.3 Å². The second kappa shape index (κ2) is 8.43. The first-order valence-corrected chi connectivity index (χ1v) is 10.2. The summed E-state index contributed by atoms with van der Waals surface area (Å²) < 4.78 is 15.2. The van der Waals surface area contributed by atoms with Crippen LogP contribution in [0.2, 0.25) is 0 Å². The zero-order valence-corrected chi connectivity index (χ0v) is 17.1. The first-order chi connectivity index (χ1) is 15.6. The Hall–Kier alpha value is -4.32. The molecule has 0 saturated carbocycles. The number of halogens is 1. The number of benzene rings is 2. The molecule has 5 rings (SSSR count). The third-order valence-electron chi connectivity index (χ3n) is 5.20. The number of nitrogens with one attached hydrogen (secondary N) is 1. The molecule has 5 aromatic rings. The van der Waals surface area contributed by atoms with E-state index < -0.39 is 0 Å². The van der Waals surface area contributed by atoms with Gasteiger partial charge in [0.15, 0.2) is 0 Å². The van der Waals surface area contributed by atoms with Crippen molar-refractivity contribution >= 4 is 22.5 Å². The Morgan fingerprint density at radius 3 is 2.47 bits per heavy atom. The molecule has 32 heavy (non-hydrogen) atoms. The molecule has 0 fully saturated rings. The molecule has 0 saturated heterocycles. The second-order valence-electron chi connectivity index (χ2n) is 7.50. The van der Waals surface area contributed by atoms with Gasteiger partial charge in [-0.1, -0.05) is 6.07 Å². The lowest BCUT2D eigenvalue weighted by Crippen LogP contribution is -2.12. The number of fused-ring (bicyclic) bond motifs is 1. The molecule has 1 amide bonds. The lowest BCUT2D eigenvalue weighted by molar-refractivity contribution is 0.102. The topological polar surface area (TPSA) is 59.8 Å². The molecule has 0 unspecified atom stereocenters. The van der Waals surface area contributed by atoms with E-state index in [0.717, 1.165) is 28.6 Å². The standard InChI is InChI=1S/C26H19FN4O/c27-22-7-3-19(4-8-22)24-10-6-21(16-29-24)26(32)30-23-9-5-20-13-18(15-28-25(20)14-23)17-31-11-1-2-12-31/h1-16H,17H2,(H,30,32). The van der Waals surface area contributed by atoms with Crippen LogP contribution in [0.3, 0.4) is 0 Å². The average molecular weight is 422 g/mol. The van der Waals surface area contributed by atoms with Crippen LogP contribution in [0.5, 0.6) is 0 Å². The molecule has 6 heteroatoms. The first-order valence-electron chi connectivity index (χ1n) is 10.2. The summed E-state index contributed by atoms with van der Waals surface area (Å²) in [6, 6.07) is 21.3.